The van der Waals surface area contributed by atoms with E-state index < -0.39 is 10.4 Å². The fraction of sp³-hybridized carbons (Fsp3) is 0. The molecule has 0 heterocycles. The fourth-order valence-corrected chi connectivity index (χ4v) is 0. The van der Waals surface area contributed by atoms with E-state index in [-0.39, 0.29) is 17.4 Å². The fourth-order valence-electron chi connectivity index (χ4n) is 0. The number of hydrogen-bond donors (Lipinski definition) is 2. The molecule has 0 bridgehead atoms. The van der Waals surface area contributed by atoms with Gasteiger partial charge in [0.1, 0.15) is 0 Å². The average Bonchev–Trinajstić information content (AvgIpc) is 1.36. The van der Waals surface area contributed by atoms with Crippen LogP contribution in [0.4, 0.5) is 0 Å². The molecule has 0 unspecified atom stereocenters. The average molecular weight is 200 g/mol. The van der Waals surface area contributed by atoms with Gasteiger partial charge in [-0.1, -0.05) is 0 Å². The zero-order valence-electron chi connectivity index (χ0n) is 2.88. The van der Waals surface area contributed by atoms with Crippen molar-refractivity contribution < 1.29 is 37.3 Å². The first-order valence-corrected chi connectivity index (χ1v) is 2.69. The van der Waals surface area contributed by atoms with Gasteiger partial charge < -0.3 is 0 Å². The van der Waals surface area contributed by atoms with E-state index in [1.54, 1.807) is 0 Å². The second-order valence-electron chi connectivity index (χ2n) is 0.448. The Morgan fingerprint density at radius 2 is 1.12 bits per heavy atom. The predicted octanol–water partition coefficient (Wildman–Crippen LogP) is -1.96. The van der Waals surface area contributed by atoms with Crippen LogP contribution in [0, 0.1) is 0 Å². The van der Waals surface area contributed by atoms with Gasteiger partial charge in [0.25, 0.3) is 0 Å². The Morgan fingerprint density at radius 3 is 1.12 bits per heavy atom. The molecule has 8 heteroatoms. The molecule has 0 atom stereocenters. The second kappa shape index (κ2) is 7.72. The second-order valence-corrected chi connectivity index (χ2v) is 1.34. The summed E-state index contributed by atoms with van der Waals surface area (Å²) in [6, 6.07) is 0. The molecule has 0 saturated heterocycles. The summed E-state index contributed by atoms with van der Waals surface area (Å²) in [4.78, 5) is 0. The summed E-state index contributed by atoms with van der Waals surface area (Å²) in [6.07, 6.45) is 0. The van der Waals surface area contributed by atoms with Crippen LogP contribution in [0.1, 0.15) is 0 Å². The summed E-state index contributed by atoms with van der Waals surface area (Å²) in [6.45, 7) is 0. The first-order chi connectivity index (χ1) is 3.00. The molecule has 0 radical (unpaired) electrons. The van der Waals surface area contributed by atoms with Gasteiger partial charge in [-0.15, -0.1) is 0 Å². The first kappa shape index (κ1) is 15.9. The van der Waals surface area contributed by atoms with E-state index in [1.807, 2.05) is 15.9 Å². The van der Waals surface area contributed by atoms with Crippen LogP contribution < -0.4 is 0 Å². The minimum atomic E-state index is -4.67. The van der Waals surface area contributed by atoms with Crippen LogP contribution in [-0.4, -0.2) is 34.9 Å². The Labute approximate surface area is 65.2 Å². The predicted molar refractivity (Wildman–Crippen MR) is 24.8 cm³/mol. The third-order valence-electron chi connectivity index (χ3n) is 0. The molecule has 0 aliphatic heterocycles. The molecular formula is H5AlFeO5S. The monoisotopic (exact) mass is 200 g/mol. The maximum atomic E-state index is 8.74. The zero-order chi connectivity index (χ0) is 6.50. The van der Waals surface area contributed by atoms with Crippen LogP contribution in [-0.2, 0) is 30.2 Å². The maximum absolute atomic E-state index is 8.74. The zero-order valence-corrected chi connectivity index (χ0v) is 4.80. The molecule has 0 aromatic rings. The molecule has 0 fully saturated rings. The van der Waals surface area contributed by atoms with Gasteiger partial charge in [0.05, 0.1) is 0 Å². The van der Waals surface area contributed by atoms with Crippen LogP contribution in [0.5, 0.6) is 0 Å². The van der Waals surface area contributed by atoms with Gasteiger partial charge in [-0.05, 0) is 0 Å². The van der Waals surface area contributed by atoms with Gasteiger partial charge in [0.2, 0.25) is 0 Å². The van der Waals surface area contributed by atoms with Gasteiger partial charge in [0, 0.05) is 0 Å². The topological polar surface area (TPSA) is 91.7 Å². The molecule has 0 aromatic carbocycles. The molecule has 0 rings (SSSR count). The molecule has 0 aromatic heterocycles. The Morgan fingerprint density at radius 1 is 1.12 bits per heavy atom. The number of hydrogen-bond acceptors (Lipinski definition) is 3. The van der Waals surface area contributed by atoms with Crippen molar-refractivity contribution in [1.82, 2.24) is 0 Å². The summed E-state index contributed by atoms with van der Waals surface area (Å²) >= 11 is 2.00. The Kier molecular flexibility index (Phi) is 15.3. The van der Waals surface area contributed by atoms with E-state index in [9.17, 15) is 0 Å². The van der Waals surface area contributed by atoms with Gasteiger partial charge in [-0.25, -0.2) is 0 Å². The van der Waals surface area contributed by atoms with Crippen molar-refractivity contribution in [3.63, 3.8) is 0 Å². The van der Waals surface area contributed by atoms with Crippen molar-refractivity contribution in [3.05, 3.63) is 0 Å². The van der Waals surface area contributed by atoms with E-state index in [0.717, 1.165) is 0 Å². The van der Waals surface area contributed by atoms with E-state index in [2.05, 4.69) is 0 Å². The van der Waals surface area contributed by atoms with E-state index in [0.29, 0.717) is 0 Å². The molecule has 8 heavy (non-hydrogen) atoms. The van der Waals surface area contributed by atoms with Crippen molar-refractivity contribution in [2.45, 2.75) is 0 Å². The van der Waals surface area contributed by atoms with Crippen LogP contribution in [0.15, 0.2) is 0 Å². The van der Waals surface area contributed by atoms with E-state index in [4.69, 9.17) is 21.4 Å². The number of rotatable bonds is 0. The van der Waals surface area contributed by atoms with E-state index in [1.165, 1.54) is 0 Å². The van der Waals surface area contributed by atoms with Crippen LogP contribution in [0.2, 0.25) is 0 Å². The Balaban J connectivity index is -0.0000000750. The van der Waals surface area contributed by atoms with Crippen molar-refractivity contribution >= 4 is 27.8 Å². The summed E-state index contributed by atoms with van der Waals surface area (Å²) < 4.78 is 39.6. The molecule has 0 spiro atoms. The van der Waals surface area contributed by atoms with Gasteiger partial charge in [-0.2, -0.15) is 8.42 Å². The molecule has 0 aliphatic carbocycles. The standard InChI is InChI=1S/Al.Fe.H2O4S.O.3H/c;;1-5(2,3)4;;;;/h;;(H2,1,2,3,4);;;;. The molecule has 0 aliphatic rings. The molecule has 0 saturated carbocycles. The normalized spacial score (nSPS) is 7.88. The van der Waals surface area contributed by atoms with Gasteiger partial charge >= 0.3 is 30.2 Å². The summed E-state index contributed by atoms with van der Waals surface area (Å²) in [7, 11) is -4.67. The van der Waals surface area contributed by atoms with Crippen molar-refractivity contribution in [1.29, 1.82) is 0 Å². The third kappa shape index (κ3) is 422. The first-order valence-electron chi connectivity index (χ1n) is 0.843. The third-order valence-corrected chi connectivity index (χ3v) is 0. The SMILES string of the molecule is O=S(=O)(O)O.[AlH3].[O]=[Fe]. The van der Waals surface area contributed by atoms with Gasteiger partial charge in [0.15, 0.2) is 17.4 Å². The molecule has 2 N–H and O–H groups in total. The van der Waals surface area contributed by atoms with Crippen molar-refractivity contribution in [2.75, 3.05) is 0 Å². The quantitative estimate of drug-likeness (QED) is 0.350. The van der Waals surface area contributed by atoms with Gasteiger partial charge in [-0.3, -0.25) is 9.11 Å². The van der Waals surface area contributed by atoms with Crippen molar-refractivity contribution in [3.8, 4) is 0 Å². The Bertz CT molecular complexity index is 106. The molecule has 0 amide bonds. The molecule has 5 nitrogen and oxygen atoms in total. The summed E-state index contributed by atoms with van der Waals surface area (Å²) in [5, 5.41) is 0. The van der Waals surface area contributed by atoms with Crippen LogP contribution in [0.3, 0.4) is 0 Å². The molecule has 52 valence electrons. The summed E-state index contributed by atoms with van der Waals surface area (Å²) in [5.41, 5.74) is 0. The van der Waals surface area contributed by atoms with Crippen molar-refractivity contribution in [2.24, 2.45) is 0 Å². The molecular weight excluding hydrogens is 195 g/mol. The summed E-state index contributed by atoms with van der Waals surface area (Å²) in [5.74, 6) is 0. The van der Waals surface area contributed by atoms with E-state index >= 15 is 0 Å². The Hall–Kier alpha value is 0.722. The van der Waals surface area contributed by atoms with Crippen LogP contribution in [0.25, 0.3) is 0 Å². The minimum absolute atomic E-state index is 0. The van der Waals surface area contributed by atoms with Crippen LogP contribution >= 0.6 is 0 Å².